The van der Waals surface area contributed by atoms with Gasteiger partial charge in [-0.2, -0.15) is 0 Å². The molecule has 0 saturated carbocycles. The van der Waals surface area contributed by atoms with Crippen LogP contribution in [0.1, 0.15) is 15.9 Å². The van der Waals surface area contributed by atoms with Gasteiger partial charge in [0, 0.05) is 11.1 Å². The molecule has 1 aromatic heterocycles. The molecule has 0 aliphatic heterocycles. The van der Waals surface area contributed by atoms with Crippen LogP contribution in [0.4, 0.5) is 9.52 Å². The minimum atomic E-state index is -0.304. The van der Waals surface area contributed by atoms with Crippen LogP contribution in [0, 0.1) is 12.7 Å². The molecule has 22 heavy (non-hydrogen) atoms. The second-order valence-electron chi connectivity index (χ2n) is 4.74. The summed E-state index contributed by atoms with van der Waals surface area (Å²) in [6.45, 7) is 1.92. The molecule has 110 valence electrons. The molecule has 3 rings (SSSR count). The zero-order valence-corrected chi connectivity index (χ0v) is 12.5. The third-order valence-electron chi connectivity index (χ3n) is 3.02. The molecule has 0 spiro atoms. The van der Waals surface area contributed by atoms with Gasteiger partial charge in [-0.3, -0.25) is 10.1 Å². The summed E-state index contributed by atoms with van der Waals surface area (Å²) in [4.78, 5) is 12.1. The Labute approximate surface area is 130 Å². The molecule has 2 aromatic carbocycles. The van der Waals surface area contributed by atoms with Gasteiger partial charge in [-0.1, -0.05) is 29.0 Å². The van der Waals surface area contributed by atoms with Crippen molar-refractivity contribution in [2.24, 2.45) is 0 Å². The molecule has 0 radical (unpaired) electrons. The third kappa shape index (κ3) is 3.17. The van der Waals surface area contributed by atoms with Crippen molar-refractivity contribution >= 4 is 22.4 Å². The molecule has 0 fully saturated rings. The van der Waals surface area contributed by atoms with E-state index in [1.165, 1.54) is 23.5 Å². The first-order valence-electron chi connectivity index (χ1n) is 6.59. The Kier molecular flexibility index (Phi) is 3.93. The highest BCUT2D eigenvalue weighted by molar-refractivity contribution is 7.18. The Hall–Kier alpha value is -2.60. The van der Waals surface area contributed by atoms with E-state index in [4.69, 9.17) is 0 Å². The van der Waals surface area contributed by atoms with Crippen LogP contribution >= 0.6 is 11.3 Å². The first kappa shape index (κ1) is 14.3. The van der Waals surface area contributed by atoms with Crippen molar-refractivity contribution in [3.63, 3.8) is 0 Å². The van der Waals surface area contributed by atoms with Crippen molar-refractivity contribution < 1.29 is 9.18 Å². The van der Waals surface area contributed by atoms with Gasteiger partial charge in [-0.15, -0.1) is 10.2 Å². The first-order valence-corrected chi connectivity index (χ1v) is 7.41. The topological polar surface area (TPSA) is 54.9 Å². The number of aryl methyl sites for hydroxylation is 1. The van der Waals surface area contributed by atoms with Crippen molar-refractivity contribution in [1.82, 2.24) is 10.2 Å². The molecule has 4 nitrogen and oxygen atoms in total. The van der Waals surface area contributed by atoms with E-state index in [0.29, 0.717) is 15.7 Å². The fraction of sp³-hybridized carbons (Fsp3) is 0.0625. The minimum absolute atomic E-state index is 0.231. The quantitative estimate of drug-likeness (QED) is 0.797. The second kappa shape index (κ2) is 6.03. The van der Waals surface area contributed by atoms with Crippen LogP contribution in [0.3, 0.4) is 0 Å². The number of hydrogen-bond donors (Lipinski definition) is 1. The number of nitrogens with zero attached hydrogens (tertiary/aromatic N) is 2. The van der Waals surface area contributed by atoms with E-state index in [1.807, 2.05) is 19.1 Å². The molecule has 3 aromatic rings. The van der Waals surface area contributed by atoms with Crippen LogP contribution in [0.2, 0.25) is 0 Å². The van der Waals surface area contributed by atoms with E-state index >= 15 is 0 Å². The zero-order valence-electron chi connectivity index (χ0n) is 11.7. The lowest BCUT2D eigenvalue weighted by Gasteiger charge is -2.01. The lowest BCUT2D eigenvalue weighted by molar-refractivity contribution is 0.102. The van der Waals surface area contributed by atoms with E-state index in [1.54, 1.807) is 24.3 Å². The summed E-state index contributed by atoms with van der Waals surface area (Å²) in [6, 6.07) is 13.3. The lowest BCUT2D eigenvalue weighted by Crippen LogP contribution is -2.11. The molecule has 6 heteroatoms. The largest absolute Gasteiger partial charge is 0.296 e. The van der Waals surface area contributed by atoms with E-state index in [9.17, 15) is 9.18 Å². The average Bonchev–Trinajstić information content (AvgIpc) is 2.96. The Morgan fingerprint density at radius 1 is 1.14 bits per heavy atom. The summed E-state index contributed by atoms with van der Waals surface area (Å²) in [6.07, 6.45) is 0. The normalized spacial score (nSPS) is 10.5. The van der Waals surface area contributed by atoms with Crippen LogP contribution < -0.4 is 5.32 Å². The molecule has 1 N–H and O–H groups in total. The maximum Gasteiger partial charge on any atom is 0.257 e. The SMILES string of the molecule is Cc1cccc(C(=O)Nc2nnc(-c3ccc(F)cc3)s2)c1. The van der Waals surface area contributed by atoms with Gasteiger partial charge in [-0.05, 0) is 43.3 Å². The fourth-order valence-corrected chi connectivity index (χ4v) is 2.68. The van der Waals surface area contributed by atoms with E-state index in [2.05, 4.69) is 15.5 Å². The molecule has 0 atom stereocenters. The van der Waals surface area contributed by atoms with Crippen molar-refractivity contribution in [3.8, 4) is 10.6 Å². The third-order valence-corrected chi connectivity index (χ3v) is 3.90. The Morgan fingerprint density at radius 2 is 1.91 bits per heavy atom. The van der Waals surface area contributed by atoms with Gasteiger partial charge < -0.3 is 0 Å². The fourth-order valence-electron chi connectivity index (χ4n) is 1.94. The van der Waals surface area contributed by atoms with Gasteiger partial charge in [0.2, 0.25) is 5.13 Å². The summed E-state index contributed by atoms with van der Waals surface area (Å²) >= 11 is 1.24. The van der Waals surface area contributed by atoms with Crippen LogP contribution in [0.15, 0.2) is 48.5 Å². The van der Waals surface area contributed by atoms with Gasteiger partial charge in [0.1, 0.15) is 10.8 Å². The number of carbonyl (C=O) groups excluding carboxylic acids is 1. The molecule has 0 saturated heterocycles. The number of hydrogen-bond acceptors (Lipinski definition) is 4. The monoisotopic (exact) mass is 313 g/mol. The number of amides is 1. The number of anilines is 1. The van der Waals surface area contributed by atoms with E-state index < -0.39 is 0 Å². The molecule has 0 aliphatic carbocycles. The van der Waals surface area contributed by atoms with Gasteiger partial charge in [0.05, 0.1) is 0 Å². The number of aromatic nitrogens is 2. The predicted molar refractivity (Wildman–Crippen MR) is 84.4 cm³/mol. The van der Waals surface area contributed by atoms with Crippen molar-refractivity contribution in [3.05, 3.63) is 65.5 Å². The number of rotatable bonds is 3. The van der Waals surface area contributed by atoms with Crippen molar-refractivity contribution in [2.45, 2.75) is 6.92 Å². The summed E-state index contributed by atoms with van der Waals surface area (Å²) < 4.78 is 12.9. The highest BCUT2D eigenvalue weighted by Crippen LogP contribution is 2.26. The lowest BCUT2D eigenvalue weighted by atomic mass is 10.1. The molecular formula is C16H12FN3OS. The van der Waals surface area contributed by atoms with E-state index in [-0.39, 0.29) is 11.7 Å². The highest BCUT2D eigenvalue weighted by Gasteiger charge is 2.11. The summed E-state index contributed by atoms with van der Waals surface area (Å²) in [5.74, 6) is -0.535. The first-order chi connectivity index (χ1) is 10.6. The Bertz CT molecular complexity index is 814. The number of carbonyl (C=O) groups is 1. The average molecular weight is 313 g/mol. The molecule has 1 heterocycles. The van der Waals surface area contributed by atoms with E-state index in [0.717, 1.165) is 11.1 Å². The maximum absolute atomic E-state index is 12.9. The van der Waals surface area contributed by atoms with Crippen LogP contribution in [0.25, 0.3) is 10.6 Å². The van der Waals surface area contributed by atoms with Gasteiger partial charge in [0.25, 0.3) is 5.91 Å². The predicted octanol–water partition coefficient (Wildman–Crippen LogP) is 3.90. The van der Waals surface area contributed by atoms with Gasteiger partial charge in [0.15, 0.2) is 0 Å². The van der Waals surface area contributed by atoms with Gasteiger partial charge >= 0.3 is 0 Å². The summed E-state index contributed by atoms with van der Waals surface area (Å²) in [5.41, 5.74) is 2.34. The maximum atomic E-state index is 12.9. The van der Waals surface area contributed by atoms with Gasteiger partial charge in [-0.25, -0.2) is 4.39 Å². The zero-order chi connectivity index (χ0) is 15.5. The number of halogens is 1. The number of nitrogens with one attached hydrogen (secondary N) is 1. The molecule has 0 bridgehead atoms. The molecular weight excluding hydrogens is 301 g/mol. The number of benzene rings is 2. The summed E-state index contributed by atoms with van der Waals surface area (Å²) in [7, 11) is 0. The highest BCUT2D eigenvalue weighted by atomic mass is 32.1. The van der Waals surface area contributed by atoms with Crippen molar-refractivity contribution in [1.29, 1.82) is 0 Å². The Balaban J connectivity index is 1.77. The molecule has 1 amide bonds. The standard InChI is InChI=1S/C16H12FN3OS/c1-10-3-2-4-12(9-10)14(21)18-16-20-19-15(22-16)11-5-7-13(17)8-6-11/h2-9H,1H3,(H,18,20,21). The molecule has 0 aliphatic rings. The summed E-state index contributed by atoms with van der Waals surface area (Å²) in [5, 5.41) is 11.7. The smallest absolute Gasteiger partial charge is 0.257 e. The van der Waals surface area contributed by atoms with Crippen molar-refractivity contribution in [2.75, 3.05) is 5.32 Å². The minimum Gasteiger partial charge on any atom is -0.296 e. The van der Waals surface area contributed by atoms with Crippen LogP contribution in [-0.4, -0.2) is 16.1 Å². The van der Waals surface area contributed by atoms with Crippen LogP contribution in [-0.2, 0) is 0 Å². The molecule has 0 unspecified atom stereocenters. The Morgan fingerprint density at radius 3 is 2.64 bits per heavy atom. The van der Waals surface area contributed by atoms with Crippen LogP contribution in [0.5, 0.6) is 0 Å². The second-order valence-corrected chi connectivity index (χ2v) is 5.72.